The van der Waals surface area contributed by atoms with Gasteiger partial charge in [0.25, 0.3) is 5.91 Å². The van der Waals surface area contributed by atoms with Gasteiger partial charge in [-0.05, 0) is 26.3 Å². The highest BCUT2D eigenvalue weighted by Crippen LogP contribution is 2.06. The van der Waals surface area contributed by atoms with Gasteiger partial charge in [-0.2, -0.15) is 5.10 Å². The predicted molar refractivity (Wildman–Crippen MR) is 61.8 cm³/mol. The van der Waals surface area contributed by atoms with Crippen LogP contribution in [0.2, 0.25) is 0 Å². The molecule has 0 fully saturated rings. The van der Waals surface area contributed by atoms with Gasteiger partial charge in [-0.3, -0.25) is 14.3 Å². The van der Waals surface area contributed by atoms with Crippen molar-refractivity contribution in [1.29, 1.82) is 0 Å². The van der Waals surface area contributed by atoms with Crippen molar-refractivity contribution in [3.8, 4) is 0 Å². The number of carboxylic acid groups (broad SMARTS) is 1. The SMILES string of the molecule is CCc1cc(C(=O)N[C@H](C)C(=O)O)n(CC)n1. The molecule has 0 radical (unpaired) electrons. The number of rotatable bonds is 5. The lowest BCUT2D eigenvalue weighted by Gasteiger charge is -2.09. The first-order chi connectivity index (χ1) is 7.99. The molecule has 94 valence electrons. The third-order valence-electron chi connectivity index (χ3n) is 2.44. The third-order valence-corrected chi connectivity index (χ3v) is 2.44. The topological polar surface area (TPSA) is 84.2 Å². The van der Waals surface area contributed by atoms with E-state index in [1.165, 1.54) is 6.92 Å². The summed E-state index contributed by atoms with van der Waals surface area (Å²) in [7, 11) is 0. The highest BCUT2D eigenvalue weighted by molar-refractivity contribution is 5.95. The van der Waals surface area contributed by atoms with Crippen LogP contribution in [0.15, 0.2) is 6.07 Å². The standard InChI is InChI=1S/C11H17N3O3/c1-4-8-6-9(14(5-2)13-8)10(15)12-7(3)11(16)17/h6-7H,4-5H2,1-3H3,(H,12,15)(H,16,17)/t7-/m1/s1. The molecule has 6 nitrogen and oxygen atoms in total. The Bertz CT molecular complexity index is 426. The Morgan fingerprint density at radius 3 is 2.65 bits per heavy atom. The van der Waals surface area contributed by atoms with E-state index in [9.17, 15) is 9.59 Å². The van der Waals surface area contributed by atoms with E-state index < -0.39 is 17.9 Å². The van der Waals surface area contributed by atoms with Crippen molar-refractivity contribution in [3.63, 3.8) is 0 Å². The van der Waals surface area contributed by atoms with Crippen LogP contribution in [-0.2, 0) is 17.8 Å². The van der Waals surface area contributed by atoms with Crippen LogP contribution in [0.3, 0.4) is 0 Å². The van der Waals surface area contributed by atoms with E-state index in [1.807, 2.05) is 13.8 Å². The summed E-state index contributed by atoms with van der Waals surface area (Å²) in [6.45, 7) is 5.82. The number of carbonyl (C=O) groups excluding carboxylic acids is 1. The molecule has 0 saturated heterocycles. The highest BCUT2D eigenvalue weighted by atomic mass is 16.4. The molecule has 0 saturated carbocycles. The van der Waals surface area contributed by atoms with Crippen LogP contribution >= 0.6 is 0 Å². The molecule has 0 aromatic carbocycles. The fourth-order valence-electron chi connectivity index (χ4n) is 1.40. The Kier molecular flexibility index (Phi) is 4.25. The van der Waals surface area contributed by atoms with Crippen molar-refractivity contribution in [3.05, 3.63) is 17.5 Å². The molecular formula is C11H17N3O3. The van der Waals surface area contributed by atoms with Crippen LogP contribution in [0.1, 0.15) is 37.0 Å². The zero-order valence-corrected chi connectivity index (χ0v) is 10.2. The lowest BCUT2D eigenvalue weighted by molar-refractivity contribution is -0.138. The fraction of sp³-hybridized carbons (Fsp3) is 0.545. The molecule has 1 amide bonds. The Balaban J connectivity index is 2.87. The molecule has 6 heteroatoms. The van der Waals surface area contributed by atoms with Crippen molar-refractivity contribution in [2.45, 2.75) is 39.8 Å². The summed E-state index contributed by atoms with van der Waals surface area (Å²) < 4.78 is 1.57. The minimum Gasteiger partial charge on any atom is -0.480 e. The van der Waals surface area contributed by atoms with Crippen molar-refractivity contribution >= 4 is 11.9 Å². The van der Waals surface area contributed by atoms with Gasteiger partial charge in [-0.1, -0.05) is 6.92 Å². The van der Waals surface area contributed by atoms with E-state index >= 15 is 0 Å². The minimum absolute atomic E-state index is 0.400. The van der Waals surface area contributed by atoms with E-state index in [2.05, 4.69) is 10.4 Å². The number of nitrogens with zero attached hydrogens (tertiary/aromatic N) is 2. The summed E-state index contributed by atoms with van der Waals surface area (Å²) >= 11 is 0. The van der Waals surface area contributed by atoms with Crippen LogP contribution in [0.5, 0.6) is 0 Å². The third kappa shape index (κ3) is 3.05. The van der Waals surface area contributed by atoms with Crippen molar-refractivity contribution in [2.75, 3.05) is 0 Å². The maximum absolute atomic E-state index is 11.8. The van der Waals surface area contributed by atoms with Gasteiger partial charge >= 0.3 is 5.97 Å². The van der Waals surface area contributed by atoms with Crippen LogP contribution in [0.25, 0.3) is 0 Å². The lowest BCUT2D eigenvalue weighted by atomic mass is 10.2. The Hall–Kier alpha value is -1.85. The van der Waals surface area contributed by atoms with E-state index in [0.29, 0.717) is 12.2 Å². The van der Waals surface area contributed by atoms with Gasteiger partial charge in [0, 0.05) is 6.54 Å². The summed E-state index contributed by atoms with van der Waals surface area (Å²) in [4.78, 5) is 22.5. The molecule has 0 aliphatic rings. The van der Waals surface area contributed by atoms with E-state index in [0.717, 1.165) is 12.1 Å². The first-order valence-electron chi connectivity index (χ1n) is 5.60. The number of nitrogens with one attached hydrogen (secondary N) is 1. The molecule has 0 spiro atoms. The van der Waals surface area contributed by atoms with Crippen LogP contribution in [-0.4, -0.2) is 32.8 Å². The molecule has 1 aromatic heterocycles. The molecule has 0 bridgehead atoms. The number of amides is 1. The summed E-state index contributed by atoms with van der Waals surface area (Å²) in [5.74, 6) is -1.47. The van der Waals surface area contributed by atoms with Gasteiger partial charge in [0.05, 0.1) is 5.69 Å². The number of carbonyl (C=O) groups is 2. The summed E-state index contributed by atoms with van der Waals surface area (Å²) in [5, 5.41) is 15.4. The molecule has 0 unspecified atom stereocenters. The predicted octanol–water partition coefficient (Wildman–Crippen LogP) is 0.668. The van der Waals surface area contributed by atoms with Crippen molar-refractivity contribution < 1.29 is 14.7 Å². The fourth-order valence-corrected chi connectivity index (χ4v) is 1.40. The van der Waals surface area contributed by atoms with Gasteiger partial charge in [0.2, 0.25) is 0 Å². The zero-order chi connectivity index (χ0) is 13.0. The summed E-state index contributed by atoms with van der Waals surface area (Å²) in [6, 6.07) is 0.778. The summed E-state index contributed by atoms with van der Waals surface area (Å²) in [5.41, 5.74) is 1.22. The molecule has 17 heavy (non-hydrogen) atoms. The van der Waals surface area contributed by atoms with Crippen molar-refractivity contribution in [1.82, 2.24) is 15.1 Å². The second kappa shape index (κ2) is 5.47. The van der Waals surface area contributed by atoms with Gasteiger partial charge in [-0.25, -0.2) is 0 Å². The van der Waals surface area contributed by atoms with Gasteiger partial charge in [0.15, 0.2) is 0 Å². The number of hydrogen-bond donors (Lipinski definition) is 2. The van der Waals surface area contributed by atoms with Gasteiger partial charge < -0.3 is 10.4 Å². The monoisotopic (exact) mass is 239 g/mol. The second-order valence-corrected chi connectivity index (χ2v) is 3.72. The highest BCUT2D eigenvalue weighted by Gasteiger charge is 2.19. The Morgan fingerprint density at radius 1 is 1.53 bits per heavy atom. The smallest absolute Gasteiger partial charge is 0.325 e. The molecule has 1 heterocycles. The van der Waals surface area contributed by atoms with Gasteiger partial charge in [-0.15, -0.1) is 0 Å². The average molecular weight is 239 g/mol. The average Bonchev–Trinajstić information content (AvgIpc) is 2.71. The van der Waals surface area contributed by atoms with E-state index in [1.54, 1.807) is 10.7 Å². The summed E-state index contributed by atoms with van der Waals surface area (Å²) in [6.07, 6.45) is 0.738. The minimum atomic E-state index is -1.06. The number of carboxylic acids is 1. The number of aryl methyl sites for hydroxylation is 2. The molecule has 2 N–H and O–H groups in total. The first-order valence-corrected chi connectivity index (χ1v) is 5.60. The van der Waals surface area contributed by atoms with Crippen LogP contribution in [0, 0.1) is 0 Å². The largest absolute Gasteiger partial charge is 0.480 e. The van der Waals surface area contributed by atoms with E-state index in [4.69, 9.17) is 5.11 Å². The van der Waals surface area contributed by atoms with E-state index in [-0.39, 0.29) is 0 Å². The van der Waals surface area contributed by atoms with Crippen LogP contribution < -0.4 is 5.32 Å². The maximum atomic E-state index is 11.8. The normalized spacial score (nSPS) is 12.2. The molecule has 1 rings (SSSR count). The zero-order valence-electron chi connectivity index (χ0n) is 10.2. The molecular weight excluding hydrogens is 222 g/mol. The quantitative estimate of drug-likeness (QED) is 0.791. The lowest BCUT2D eigenvalue weighted by Crippen LogP contribution is -2.39. The molecule has 0 aliphatic heterocycles. The Morgan fingerprint density at radius 2 is 2.18 bits per heavy atom. The van der Waals surface area contributed by atoms with Crippen molar-refractivity contribution in [2.24, 2.45) is 0 Å². The molecule has 1 atom stereocenters. The maximum Gasteiger partial charge on any atom is 0.325 e. The molecule has 0 aliphatic carbocycles. The second-order valence-electron chi connectivity index (χ2n) is 3.72. The number of hydrogen-bond acceptors (Lipinski definition) is 3. The number of aromatic nitrogens is 2. The molecule has 1 aromatic rings. The first kappa shape index (κ1) is 13.2. The van der Waals surface area contributed by atoms with Crippen LogP contribution in [0.4, 0.5) is 0 Å². The number of aliphatic carboxylic acids is 1. The van der Waals surface area contributed by atoms with Gasteiger partial charge in [0.1, 0.15) is 11.7 Å². The Labute approximate surface area is 99.6 Å².